The third kappa shape index (κ3) is 4.40. The van der Waals surface area contributed by atoms with Crippen LogP contribution in [0.5, 0.6) is 0 Å². The standard InChI is InChI=1S/C13H20N2OS/c1-9(2)12(15)13(17-8-11(14)16)10-6-4-3-5-7-10/h3-7,9,12-13H,8,15H2,1-2H3,(H2,14,16). The Balaban J connectivity index is 2.82. The SMILES string of the molecule is CC(C)C(N)C(SCC(N)=O)c1ccccc1. The Bertz CT molecular complexity index is 354. The van der Waals surface area contributed by atoms with E-state index >= 15 is 0 Å². The van der Waals surface area contributed by atoms with Crippen LogP contribution in [-0.2, 0) is 4.79 Å². The molecule has 0 bridgehead atoms. The Labute approximate surface area is 107 Å². The number of carbonyl (C=O) groups excluding carboxylic acids is 1. The van der Waals surface area contributed by atoms with Crippen molar-refractivity contribution in [1.29, 1.82) is 0 Å². The molecule has 0 saturated carbocycles. The molecule has 4 N–H and O–H groups in total. The van der Waals surface area contributed by atoms with E-state index in [0.717, 1.165) is 5.56 Å². The average molecular weight is 252 g/mol. The van der Waals surface area contributed by atoms with Gasteiger partial charge in [-0.15, -0.1) is 11.8 Å². The van der Waals surface area contributed by atoms with Gasteiger partial charge in [0.2, 0.25) is 5.91 Å². The number of primary amides is 1. The summed E-state index contributed by atoms with van der Waals surface area (Å²) in [6, 6.07) is 10.0. The third-order valence-electron chi connectivity index (χ3n) is 2.65. The fourth-order valence-electron chi connectivity index (χ4n) is 1.59. The molecule has 0 radical (unpaired) electrons. The van der Waals surface area contributed by atoms with Crippen LogP contribution < -0.4 is 11.5 Å². The Morgan fingerprint density at radius 3 is 2.35 bits per heavy atom. The van der Waals surface area contributed by atoms with Gasteiger partial charge in [0, 0.05) is 11.3 Å². The first-order valence-electron chi connectivity index (χ1n) is 5.72. The summed E-state index contributed by atoms with van der Waals surface area (Å²) in [6.07, 6.45) is 0. The zero-order valence-corrected chi connectivity index (χ0v) is 11.1. The molecule has 0 aliphatic rings. The molecule has 1 amide bonds. The lowest BCUT2D eigenvalue weighted by molar-refractivity contribution is -0.115. The summed E-state index contributed by atoms with van der Waals surface area (Å²) < 4.78 is 0. The summed E-state index contributed by atoms with van der Waals surface area (Å²) in [4.78, 5) is 10.9. The number of rotatable bonds is 6. The molecular formula is C13H20N2OS. The maximum atomic E-state index is 10.9. The maximum absolute atomic E-state index is 10.9. The predicted molar refractivity (Wildman–Crippen MR) is 73.6 cm³/mol. The first-order valence-corrected chi connectivity index (χ1v) is 6.77. The van der Waals surface area contributed by atoms with Crippen molar-refractivity contribution in [2.24, 2.45) is 17.4 Å². The molecule has 3 nitrogen and oxygen atoms in total. The van der Waals surface area contributed by atoms with E-state index in [1.807, 2.05) is 30.3 Å². The normalized spacial score (nSPS) is 14.6. The Hall–Kier alpha value is -1.00. The average Bonchev–Trinajstić information content (AvgIpc) is 2.30. The van der Waals surface area contributed by atoms with Crippen LogP contribution in [-0.4, -0.2) is 17.7 Å². The van der Waals surface area contributed by atoms with E-state index < -0.39 is 0 Å². The third-order valence-corrected chi connectivity index (χ3v) is 4.05. The molecule has 0 aromatic heterocycles. The van der Waals surface area contributed by atoms with Crippen LogP contribution in [0.15, 0.2) is 30.3 Å². The molecular weight excluding hydrogens is 232 g/mol. The highest BCUT2D eigenvalue weighted by Gasteiger charge is 2.23. The first kappa shape index (κ1) is 14.1. The van der Waals surface area contributed by atoms with E-state index in [9.17, 15) is 4.79 Å². The van der Waals surface area contributed by atoms with Crippen LogP contribution in [0.1, 0.15) is 24.7 Å². The summed E-state index contributed by atoms with van der Waals surface area (Å²) in [7, 11) is 0. The fourth-order valence-corrected chi connectivity index (χ4v) is 2.82. The first-order chi connectivity index (χ1) is 8.02. The van der Waals surface area contributed by atoms with Gasteiger partial charge in [-0.3, -0.25) is 4.79 Å². The molecule has 0 fully saturated rings. The number of amides is 1. The van der Waals surface area contributed by atoms with Crippen molar-refractivity contribution in [2.75, 3.05) is 5.75 Å². The summed E-state index contributed by atoms with van der Waals surface area (Å²) in [5.74, 6) is 0.368. The van der Waals surface area contributed by atoms with Crippen molar-refractivity contribution in [3.8, 4) is 0 Å². The zero-order valence-electron chi connectivity index (χ0n) is 10.3. The topological polar surface area (TPSA) is 69.1 Å². The van der Waals surface area contributed by atoms with E-state index in [0.29, 0.717) is 11.7 Å². The molecule has 0 spiro atoms. The summed E-state index contributed by atoms with van der Waals surface area (Å²) in [6.45, 7) is 4.18. The van der Waals surface area contributed by atoms with Crippen molar-refractivity contribution in [3.05, 3.63) is 35.9 Å². The van der Waals surface area contributed by atoms with Crippen molar-refractivity contribution in [1.82, 2.24) is 0 Å². The highest BCUT2D eigenvalue weighted by Crippen LogP contribution is 2.33. The Morgan fingerprint density at radius 2 is 1.88 bits per heavy atom. The number of hydrogen-bond donors (Lipinski definition) is 2. The summed E-state index contributed by atoms with van der Waals surface area (Å²) in [5, 5.41) is 0.115. The molecule has 0 heterocycles. The minimum absolute atomic E-state index is 0.0155. The van der Waals surface area contributed by atoms with E-state index in [4.69, 9.17) is 11.5 Å². The molecule has 2 atom stereocenters. The number of thioether (sulfide) groups is 1. The minimum Gasteiger partial charge on any atom is -0.369 e. The maximum Gasteiger partial charge on any atom is 0.227 e. The number of hydrogen-bond acceptors (Lipinski definition) is 3. The highest BCUT2D eigenvalue weighted by molar-refractivity contribution is 8.00. The van der Waals surface area contributed by atoms with E-state index in [-0.39, 0.29) is 17.2 Å². The number of nitrogens with two attached hydrogens (primary N) is 2. The van der Waals surface area contributed by atoms with E-state index in [1.54, 1.807) is 0 Å². The highest BCUT2D eigenvalue weighted by atomic mass is 32.2. The van der Waals surface area contributed by atoms with E-state index in [1.165, 1.54) is 11.8 Å². The number of carbonyl (C=O) groups is 1. The van der Waals surface area contributed by atoms with Gasteiger partial charge in [0.05, 0.1) is 5.75 Å². The minimum atomic E-state index is -0.299. The van der Waals surface area contributed by atoms with Crippen LogP contribution in [0.25, 0.3) is 0 Å². The summed E-state index contributed by atoms with van der Waals surface area (Å²) >= 11 is 1.52. The largest absolute Gasteiger partial charge is 0.369 e. The van der Waals surface area contributed by atoms with Crippen molar-refractivity contribution >= 4 is 17.7 Å². The summed E-state index contributed by atoms with van der Waals surface area (Å²) in [5.41, 5.74) is 12.6. The van der Waals surface area contributed by atoms with Gasteiger partial charge in [0.15, 0.2) is 0 Å². The lowest BCUT2D eigenvalue weighted by Crippen LogP contribution is -2.33. The van der Waals surface area contributed by atoms with Gasteiger partial charge in [-0.2, -0.15) is 0 Å². The van der Waals surface area contributed by atoms with Crippen LogP contribution >= 0.6 is 11.8 Å². The quantitative estimate of drug-likeness (QED) is 0.813. The number of benzene rings is 1. The van der Waals surface area contributed by atoms with Gasteiger partial charge in [-0.05, 0) is 11.5 Å². The second kappa shape index (κ2) is 6.67. The monoisotopic (exact) mass is 252 g/mol. The van der Waals surface area contributed by atoms with Crippen molar-refractivity contribution in [3.63, 3.8) is 0 Å². The van der Waals surface area contributed by atoms with Crippen LogP contribution in [0, 0.1) is 5.92 Å². The van der Waals surface area contributed by atoms with Crippen LogP contribution in [0.3, 0.4) is 0 Å². The molecule has 4 heteroatoms. The zero-order chi connectivity index (χ0) is 12.8. The second-order valence-corrected chi connectivity index (χ2v) is 5.56. The van der Waals surface area contributed by atoms with Gasteiger partial charge >= 0.3 is 0 Å². The Kier molecular flexibility index (Phi) is 5.51. The molecule has 0 aliphatic carbocycles. The Morgan fingerprint density at radius 1 is 1.29 bits per heavy atom. The molecule has 0 aliphatic heterocycles. The molecule has 0 saturated heterocycles. The second-order valence-electron chi connectivity index (χ2n) is 4.43. The van der Waals surface area contributed by atoms with Gasteiger partial charge in [-0.25, -0.2) is 0 Å². The van der Waals surface area contributed by atoms with Crippen molar-refractivity contribution < 1.29 is 4.79 Å². The van der Waals surface area contributed by atoms with Crippen LogP contribution in [0.2, 0.25) is 0 Å². The lowest BCUT2D eigenvalue weighted by Gasteiger charge is -2.26. The fraction of sp³-hybridized carbons (Fsp3) is 0.462. The van der Waals surface area contributed by atoms with Gasteiger partial charge in [0.1, 0.15) is 0 Å². The van der Waals surface area contributed by atoms with Gasteiger partial charge in [-0.1, -0.05) is 44.2 Å². The van der Waals surface area contributed by atoms with Gasteiger partial charge < -0.3 is 11.5 Å². The van der Waals surface area contributed by atoms with E-state index in [2.05, 4.69) is 13.8 Å². The molecule has 17 heavy (non-hydrogen) atoms. The molecule has 94 valence electrons. The molecule has 2 unspecified atom stereocenters. The molecule has 1 aromatic rings. The molecule has 1 rings (SSSR count). The lowest BCUT2D eigenvalue weighted by atomic mass is 9.97. The molecule has 1 aromatic carbocycles. The van der Waals surface area contributed by atoms with Crippen LogP contribution in [0.4, 0.5) is 0 Å². The smallest absolute Gasteiger partial charge is 0.227 e. The van der Waals surface area contributed by atoms with Gasteiger partial charge in [0.25, 0.3) is 0 Å². The van der Waals surface area contributed by atoms with Crippen molar-refractivity contribution in [2.45, 2.75) is 25.1 Å². The predicted octanol–water partition coefficient (Wildman–Crippen LogP) is 1.93.